The van der Waals surface area contributed by atoms with Gasteiger partial charge >= 0.3 is 0 Å². The zero-order chi connectivity index (χ0) is 19.8. The number of allylic oxidation sites excluding steroid dienone is 1. The van der Waals surface area contributed by atoms with E-state index in [1.807, 2.05) is 43.3 Å². The van der Waals surface area contributed by atoms with Crippen molar-refractivity contribution < 1.29 is 14.6 Å². The molecule has 0 aromatic heterocycles. The Morgan fingerprint density at radius 1 is 1.25 bits per heavy atom. The van der Waals surface area contributed by atoms with Gasteiger partial charge in [0.2, 0.25) is 5.88 Å². The molecule has 4 rings (SSSR count). The highest BCUT2D eigenvalue weighted by Crippen LogP contribution is 2.47. The Kier molecular flexibility index (Phi) is 4.62. The molecule has 0 amide bonds. The van der Waals surface area contributed by atoms with Crippen molar-refractivity contribution in [3.8, 4) is 23.3 Å². The highest BCUT2D eigenvalue weighted by molar-refractivity contribution is 9.10. The van der Waals surface area contributed by atoms with E-state index in [1.165, 1.54) is 0 Å². The molecule has 0 fully saturated rings. The van der Waals surface area contributed by atoms with Crippen molar-refractivity contribution in [1.82, 2.24) is 0 Å². The number of benzene rings is 3. The highest BCUT2D eigenvalue weighted by Gasteiger charge is 2.32. The molecule has 1 unspecified atom stereocenters. The zero-order valence-corrected chi connectivity index (χ0v) is 16.7. The van der Waals surface area contributed by atoms with Crippen molar-refractivity contribution in [1.29, 1.82) is 5.26 Å². The van der Waals surface area contributed by atoms with E-state index < -0.39 is 5.92 Å². The maximum atomic E-state index is 10.3. The van der Waals surface area contributed by atoms with Crippen LogP contribution in [0.15, 0.2) is 64.5 Å². The minimum Gasteiger partial charge on any atom is -0.503 e. The minimum absolute atomic E-state index is 0.0202. The summed E-state index contributed by atoms with van der Waals surface area (Å²) in [5.74, 6) is 0.651. The van der Waals surface area contributed by atoms with Gasteiger partial charge in [-0.15, -0.1) is 0 Å². The van der Waals surface area contributed by atoms with Crippen LogP contribution in [0.25, 0.3) is 10.8 Å². The van der Waals surface area contributed by atoms with E-state index in [-0.39, 0.29) is 11.6 Å². The number of rotatable bonds is 3. The number of ether oxygens (including phenoxy) is 2. The van der Waals surface area contributed by atoms with Gasteiger partial charge in [0.1, 0.15) is 17.4 Å². The number of fused-ring (bicyclic) bond motifs is 3. The first kappa shape index (κ1) is 18.2. The Balaban J connectivity index is 1.99. The molecule has 1 aliphatic rings. The summed E-state index contributed by atoms with van der Waals surface area (Å²) in [5.41, 5.74) is 8.06. The van der Waals surface area contributed by atoms with Crippen LogP contribution < -0.4 is 15.2 Å². The molecule has 28 heavy (non-hydrogen) atoms. The molecule has 1 aliphatic heterocycles. The molecule has 1 atom stereocenters. The molecular weight excluding hydrogens is 420 g/mol. The topological polar surface area (TPSA) is 88.5 Å². The second-order valence-electron chi connectivity index (χ2n) is 6.41. The van der Waals surface area contributed by atoms with E-state index in [9.17, 15) is 10.4 Å². The van der Waals surface area contributed by atoms with E-state index in [2.05, 4.69) is 22.0 Å². The molecular formula is C22H17BrN2O3. The van der Waals surface area contributed by atoms with Crippen LogP contribution in [-0.4, -0.2) is 11.7 Å². The van der Waals surface area contributed by atoms with E-state index in [0.29, 0.717) is 28.2 Å². The molecule has 3 N–H and O–H groups in total. The van der Waals surface area contributed by atoms with Crippen molar-refractivity contribution >= 4 is 26.7 Å². The Morgan fingerprint density at radius 3 is 2.79 bits per heavy atom. The number of phenolic OH excluding ortho intramolecular Hbond substituents is 1. The predicted octanol–water partition coefficient (Wildman–Crippen LogP) is 4.92. The van der Waals surface area contributed by atoms with Crippen LogP contribution in [-0.2, 0) is 0 Å². The second-order valence-corrected chi connectivity index (χ2v) is 7.27. The molecule has 1 heterocycles. The van der Waals surface area contributed by atoms with Gasteiger partial charge in [0.05, 0.1) is 17.0 Å². The second kappa shape index (κ2) is 7.10. The van der Waals surface area contributed by atoms with Crippen molar-refractivity contribution in [3.05, 3.63) is 75.6 Å². The lowest BCUT2D eigenvalue weighted by atomic mass is 9.82. The van der Waals surface area contributed by atoms with E-state index >= 15 is 0 Å². The number of hydrogen-bond acceptors (Lipinski definition) is 5. The summed E-state index contributed by atoms with van der Waals surface area (Å²) in [4.78, 5) is 0. The summed E-state index contributed by atoms with van der Waals surface area (Å²) >= 11 is 3.38. The van der Waals surface area contributed by atoms with Gasteiger partial charge in [0.15, 0.2) is 11.5 Å². The van der Waals surface area contributed by atoms with Gasteiger partial charge in [-0.05, 0) is 45.9 Å². The number of aromatic hydroxyl groups is 1. The molecule has 3 aromatic rings. The summed E-state index contributed by atoms with van der Waals surface area (Å²) in [7, 11) is 0. The average molecular weight is 437 g/mol. The van der Waals surface area contributed by atoms with Gasteiger partial charge in [0, 0.05) is 10.9 Å². The van der Waals surface area contributed by atoms with E-state index in [1.54, 1.807) is 12.1 Å². The Morgan fingerprint density at radius 2 is 2.04 bits per heavy atom. The fourth-order valence-corrected chi connectivity index (χ4v) is 4.02. The lowest BCUT2D eigenvalue weighted by Crippen LogP contribution is -2.21. The van der Waals surface area contributed by atoms with Gasteiger partial charge in [0.25, 0.3) is 0 Å². The summed E-state index contributed by atoms with van der Waals surface area (Å²) in [6.07, 6.45) is 0. The van der Waals surface area contributed by atoms with Crippen LogP contribution in [0.2, 0.25) is 0 Å². The van der Waals surface area contributed by atoms with Crippen LogP contribution in [0.5, 0.6) is 17.2 Å². The summed E-state index contributed by atoms with van der Waals surface area (Å²) in [6.45, 7) is 2.25. The van der Waals surface area contributed by atoms with Gasteiger partial charge < -0.3 is 20.3 Å². The van der Waals surface area contributed by atoms with Crippen LogP contribution >= 0.6 is 15.9 Å². The first-order valence-corrected chi connectivity index (χ1v) is 9.58. The summed E-state index contributed by atoms with van der Waals surface area (Å²) in [5, 5.41) is 22.0. The molecule has 3 aromatic carbocycles. The normalized spacial score (nSPS) is 15.7. The molecule has 0 spiro atoms. The lowest BCUT2D eigenvalue weighted by molar-refractivity contribution is 0.316. The number of nitrogens with two attached hydrogens (primary N) is 1. The van der Waals surface area contributed by atoms with Gasteiger partial charge in [-0.3, -0.25) is 0 Å². The Bertz CT molecular complexity index is 1160. The SMILES string of the molecule is CCOc1cc(C2C(C#N)=C(N)Oc3c2ccc2ccccc32)cc(Br)c1O. The number of hydrogen-bond donors (Lipinski definition) is 2. The maximum Gasteiger partial charge on any atom is 0.205 e. The van der Waals surface area contributed by atoms with Crippen LogP contribution in [0, 0.1) is 11.3 Å². The third-order valence-corrected chi connectivity index (χ3v) is 5.40. The third kappa shape index (κ3) is 2.85. The van der Waals surface area contributed by atoms with Gasteiger partial charge in [-0.1, -0.05) is 36.4 Å². The van der Waals surface area contributed by atoms with Gasteiger partial charge in [-0.2, -0.15) is 5.26 Å². The van der Waals surface area contributed by atoms with Crippen LogP contribution in [0.4, 0.5) is 0 Å². The number of phenols is 1. The largest absolute Gasteiger partial charge is 0.503 e. The van der Waals surface area contributed by atoms with Crippen molar-refractivity contribution in [2.45, 2.75) is 12.8 Å². The third-order valence-electron chi connectivity index (χ3n) is 4.79. The fraction of sp³-hybridized carbons (Fsp3) is 0.136. The number of nitriles is 1. The summed E-state index contributed by atoms with van der Waals surface area (Å²) in [6, 6.07) is 17.5. The maximum absolute atomic E-state index is 10.3. The highest BCUT2D eigenvalue weighted by atomic mass is 79.9. The van der Waals surface area contributed by atoms with Gasteiger partial charge in [-0.25, -0.2) is 0 Å². The summed E-state index contributed by atoms with van der Waals surface area (Å²) < 4.78 is 11.9. The molecule has 0 aliphatic carbocycles. The first-order valence-electron chi connectivity index (χ1n) is 8.79. The van der Waals surface area contributed by atoms with E-state index in [0.717, 1.165) is 21.9 Å². The van der Waals surface area contributed by atoms with Crippen LogP contribution in [0.3, 0.4) is 0 Å². The molecule has 5 nitrogen and oxygen atoms in total. The molecule has 0 saturated carbocycles. The number of nitrogens with zero attached hydrogens (tertiary/aromatic N) is 1. The Hall–Kier alpha value is -3.17. The number of halogens is 1. The fourth-order valence-electron chi connectivity index (χ4n) is 3.56. The molecule has 140 valence electrons. The van der Waals surface area contributed by atoms with Crippen molar-refractivity contribution in [2.75, 3.05) is 6.61 Å². The zero-order valence-electron chi connectivity index (χ0n) is 15.1. The van der Waals surface area contributed by atoms with E-state index in [4.69, 9.17) is 15.2 Å². The predicted molar refractivity (Wildman–Crippen MR) is 110 cm³/mol. The Labute approximate surface area is 170 Å². The average Bonchev–Trinajstić information content (AvgIpc) is 2.70. The smallest absolute Gasteiger partial charge is 0.205 e. The lowest BCUT2D eigenvalue weighted by Gasteiger charge is -2.28. The minimum atomic E-state index is -0.436. The first-order chi connectivity index (χ1) is 13.5. The quantitative estimate of drug-likeness (QED) is 0.607. The molecule has 0 bridgehead atoms. The monoisotopic (exact) mass is 436 g/mol. The van der Waals surface area contributed by atoms with Crippen molar-refractivity contribution in [3.63, 3.8) is 0 Å². The molecule has 6 heteroatoms. The van der Waals surface area contributed by atoms with Crippen LogP contribution in [0.1, 0.15) is 24.0 Å². The van der Waals surface area contributed by atoms with Crippen molar-refractivity contribution in [2.24, 2.45) is 5.73 Å². The standard InChI is InChI=1S/C22H17BrN2O3/c1-2-27-18-10-13(9-17(23)20(18)26)19-15-8-7-12-5-3-4-6-14(12)21(15)28-22(25)16(19)11-24/h3-10,19,26H,2,25H2,1H3. The molecule has 0 saturated heterocycles. The molecule has 0 radical (unpaired) electrons.